The first kappa shape index (κ1) is 18.6. The lowest BCUT2D eigenvalue weighted by atomic mass is 9.98. The van der Waals surface area contributed by atoms with E-state index >= 15 is 0 Å². The molecule has 0 bridgehead atoms. The van der Waals surface area contributed by atoms with Gasteiger partial charge in [-0.3, -0.25) is 9.59 Å². The molecule has 3 atom stereocenters. The van der Waals surface area contributed by atoms with Crippen molar-refractivity contribution in [2.45, 2.75) is 31.0 Å². The molecular formula is C21H22FN3O3. The van der Waals surface area contributed by atoms with Gasteiger partial charge in [0.05, 0.1) is 18.3 Å². The van der Waals surface area contributed by atoms with Crippen LogP contribution in [0.5, 0.6) is 0 Å². The van der Waals surface area contributed by atoms with Crippen LogP contribution in [-0.2, 0) is 16.0 Å². The second-order valence-corrected chi connectivity index (χ2v) is 7.26. The normalized spacial score (nSPS) is 24.4. The summed E-state index contributed by atoms with van der Waals surface area (Å²) in [5.74, 6) is -0.929. The van der Waals surface area contributed by atoms with Gasteiger partial charge in [-0.1, -0.05) is 30.3 Å². The van der Waals surface area contributed by atoms with Gasteiger partial charge >= 0.3 is 0 Å². The Kier molecular flexibility index (Phi) is 5.09. The Balaban J connectivity index is 1.65. The molecule has 0 aliphatic carbocycles. The van der Waals surface area contributed by atoms with Crippen LogP contribution >= 0.6 is 0 Å². The predicted octanol–water partition coefficient (Wildman–Crippen LogP) is 1.90. The van der Waals surface area contributed by atoms with E-state index in [1.54, 1.807) is 12.0 Å². The molecule has 4 rings (SSSR count). The molecule has 0 spiro atoms. The summed E-state index contributed by atoms with van der Waals surface area (Å²) in [6, 6.07) is 11.5. The average Bonchev–Trinajstić information content (AvgIpc) is 3.14. The summed E-state index contributed by atoms with van der Waals surface area (Å²) in [6.07, 6.45) is 2.12. The van der Waals surface area contributed by atoms with E-state index in [0.717, 1.165) is 11.8 Å². The minimum Gasteiger partial charge on any atom is -0.380 e. The molecule has 6 nitrogen and oxygen atoms in total. The van der Waals surface area contributed by atoms with Crippen molar-refractivity contribution in [2.24, 2.45) is 0 Å². The highest BCUT2D eigenvalue weighted by molar-refractivity contribution is 5.97. The van der Waals surface area contributed by atoms with Gasteiger partial charge in [0.25, 0.3) is 5.91 Å². The molecule has 28 heavy (non-hydrogen) atoms. The van der Waals surface area contributed by atoms with E-state index in [2.05, 4.69) is 4.98 Å². The van der Waals surface area contributed by atoms with E-state index in [0.29, 0.717) is 25.9 Å². The predicted molar refractivity (Wildman–Crippen MR) is 100 cm³/mol. The van der Waals surface area contributed by atoms with Crippen LogP contribution in [0.2, 0.25) is 0 Å². The smallest absolute Gasteiger partial charge is 0.273 e. The number of carbonyl (C=O) groups is 2. The first-order valence-electron chi connectivity index (χ1n) is 9.36. The number of aromatic nitrogens is 1. The summed E-state index contributed by atoms with van der Waals surface area (Å²) in [4.78, 5) is 33.8. The number of hydrogen-bond acceptors (Lipinski definition) is 4. The Hall–Kier alpha value is -2.80. The molecule has 0 N–H and O–H groups in total. The summed E-state index contributed by atoms with van der Waals surface area (Å²) < 4.78 is 18.7. The van der Waals surface area contributed by atoms with Crippen LogP contribution in [0, 0.1) is 5.82 Å². The minimum atomic E-state index is -0.617. The van der Waals surface area contributed by atoms with Gasteiger partial charge in [0, 0.05) is 26.6 Å². The zero-order valence-electron chi connectivity index (χ0n) is 15.6. The SMILES string of the molecule is CO[C@H]1C[C@H]2CN(C(=O)c3ccc(F)cn3)[C@@H](Cc3ccccc3)C(=O)N2C1. The first-order chi connectivity index (χ1) is 13.6. The van der Waals surface area contributed by atoms with Gasteiger partial charge in [-0.25, -0.2) is 9.37 Å². The number of amides is 2. The van der Waals surface area contributed by atoms with Gasteiger partial charge < -0.3 is 14.5 Å². The number of piperazine rings is 1. The first-order valence-corrected chi connectivity index (χ1v) is 9.36. The summed E-state index contributed by atoms with van der Waals surface area (Å²) in [5.41, 5.74) is 1.12. The highest BCUT2D eigenvalue weighted by Gasteiger charge is 2.47. The Bertz CT molecular complexity index is 859. The van der Waals surface area contributed by atoms with E-state index in [1.165, 1.54) is 12.1 Å². The zero-order chi connectivity index (χ0) is 19.7. The number of halogens is 1. The lowest BCUT2D eigenvalue weighted by Crippen LogP contribution is -2.62. The number of methoxy groups -OCH3 is 1. The third kappa shape index (κ3) is 3.49. The van der Waals surface area contributed by atoms with Crippen LogP contribution in [0.4, 0.5) is 4.39 Å². The largest absolute Gasteiger partial charge is 0.380 e. The maximum atomic E-state index is 13.3. The second-order valence-electron chi connectivity index (χ2n) is 7.26. The van der Waals surface area contributed by atoms with Gasteiger partial charge in [0.2, 0.25) is 5.91 Å². The molecule has 2 aliphatic rings. The third-order valence-corrected chi connectivity index (χ3v) is 5.54. The van der Waals surface area contributed by atoms with Gasteiger partial charge in [-0.05, 0) is 24.1 Å². The van der Waals surface area contributed by atoms with Gasteiger partial charge in [0.1, 0.15) is 17.6 Å². The average molecular weight is 383 g/mol. The summed E-state index contributed by atoms with van der Waals surface area (Å²) in [6.45, 7) is 0.961. The molecule has 2 aromatic rings. The van der Waals surface area contributed by atoms with Gasteiger partial charge in [-0.15, -0.1) is 0 Å². The molecule has 0 unspecified atom stereocenters. The van der Waals surface area contributed by atoms with Gasteiger partial charge in [-0.2, -0.15) is 0 Å². The maximum absolute atomic E-state index is 13.3. The molecule has 3 heterocycles. The quantitative estimate of drug-likeness (QED) is 0.809. The number of ether oxygens (including phenoxy) is 1. The van der Waals surface area contributed by atoms with E-state index in [4.69, 9.17) is 4.74 Å². The van der Waals surface area contributed by atoms with Crippen LogP contribution in [0.25, 0.3) is 0 Å². The number of pyridine rings is 1. The topological polar surface area (TPSA) is 62.7 Å². The second kappa shape index (κ2) is 7.67. The Morgan fingerprint density at radius 2 is 2.00 bits per heavy atom. The number of rotatable bonds is 4. The minimum absolute atomic E-state index is 0.0228. The van der Waals surface area contributed by atoms with Crippen LogP contribution in [-0.4, -0.2) is 65.0 Å². The summed E-state index contributed by atoms with van der Waals surface area (Å²) in [7, 11) is 1.64. The number of benzene rings is 1. The molecule has 1 aromatic carbocycles. The molecule has 1 aromatic heterocycles. The Morgan fingerprint density at radius 3 is 2.68 bits per heavy atom. The molecule has 2 fully saturated rings. The number of nitrogens with zero attached hydrogens (tertiary/aromatic N) is 3. The lowest BCUT2D eigenvalue weighted by Gasteiger charge is -2.42. The van der Waals surface area contributed by atoms with E-state index in [-0.39, 0.29) is 29.7 Å². The highest BCUT2D eigenvalue weighted by Crippen LogP contribution is 2.29. The van der Waals surface area contributed by atoms with E-state index in [9.17, 15) is 14.0 Å². The van der Waals surface area contributed by atoms with Crippen LogP contribution < -0.4 is 0 Å². The van der Waals surface area contributed by atoms with E-state index in [1.807, 2.05) is 35.2 Å². The van der Waals surface area contributed by atoms with Crippen molar-refractivity contribution >= 4 is 11.8 Å². The standard InChI is InChI=1S/C21H22FN3O3/c1-28-17-10-16-12-25(20(26)18-8-7-15(22)11-23-18)19(21(27)24(16)13-17)9-14-5-3-2-4-6-14/h2-8,11,16-17,19H,9-10,12-13H2,1H3/t16-,17-,19-/m0/s1. The number of fused-ring (bicyclic) bond motifs is 1. The fourth-order valence-electron chi connectivity index (χ4n) is 4.08. The van der Waals surface area contributed by atoms with Crippen molar-refractivity contribution in [3.63, 3.8) is 0 Å². The molecule has 146 valence electrons. The number of hydrogen-bond donors (Lipinski definition) is 0. The lowest BCUT2D eigenvalue weighted by molar-refractivity contribution is -0.142. The third-order valence-electron chi connectivity index (χ3n) is 5.54. The summed E-state index contributed by atoms with van der Waals surface area (Å²) in [5, 5.41) is 0. The van der Waals surface area contributed by atoms with Crippen molar-refractivity contribution in [1.29, 1.82) is 0 Å². The van der Waals surface area contributed by atoms with Crippen LogP contribution in [0.1, 0.15) is 22.5 Å². The van der Waals surface area contributed by atoms with Crippen molar-refractivity contribution in [2.75, 3.05) is 20.2 Å². The fourth-order valence-corrected chi connectivity index (χ4v) is 4.08. The van der Waals surface area contributed by atoms with Gasteiger partial charge in [0.15, 0.2) is 0 Å². The van der Waals surface area contributed by atoms with Crippen LogP contribution in [0.3, 0.4) is 0 Å². The van der Waals surface area contributed by atoms with Crippen molar-refractivity contribution in [1.82, 2.24) is 14.8 Å². The van der Waals surface area contributed by atoms with Crippen molar-refractivity contribution in [3.05, 3.63) is 65.7 Å². The zero-order valence-corrected chi connectivity index (χ0v) is 15.6. The molecular weight excluding hydrogens is 361 g/mol. The van der Waals surface area contributed by atoms with Crippen molar-refractivity contribution in [3.8, 4) is 0 Å². The molecule has 2 saturated heterocycles. The number of carbonyl (C=O) groups excluding carboxylic acids is 2. The molecule has 7 heteroatoms. The Morgan fingerprint density at radius 1 is 1.21 bits per heavy atom. The fraction of sp³-hybridized carbons (Fsp3) is 0.381. The highest BCUT2D eigenvalue weighted by atomic mass is 19.1. The molecule has 0 saturated carbocycles. The molecule has 2 amide bonds. The van der Waals surface area contributed by atoms with E-state index < -0.39 is 11.9 Å². The Labute approximate surface area is 162 Å². The summed E-state index contributed by atoms with van der Waals surface area (Å²) >= 11 is 0. The maximum Gasteiger partial charge on any atom is 0.273 e. The monoisotopic (exact) mass is 383 g/mol. The molecule has 2 aliphatic heterocycles. The molecule has 0 radical (unpaired) electrons. The van der Waals surface area contributed by atoms with Crippen molar-refractivity contribution < 1.29 is 18.7 Å². The van der Waals surface area contributed by atoms with Crippen LogP contribution in [0.15, 0.2) is 48.7 Å².